The van der Waals surface area contributed by atoms with E-state index >= 15 is 0 Å². The van der Waals surface area contributed by atoms with E-state index in [0.717, 1.165) is 11.3 Å². The maximum absolute atomic E-state index is 14.9. The van der Waals surface area contributed by atoms with Gasteiger partial charge in [-0.1, -0.05) is 69.0 Å². The van der Waals surface area contributed by atoms with Crippen molar-refractivity contribution in [3.8, 4) is 0 Å². The first-order chi connectivity index (χ1) is 15.3. The van der Waals surface area contributed by atoms with Gasteiger partial charge in [-0.2, -0.15) is 0 Å². The van der Waals surface area contributed by atoms with Crippen LogP contribution in [0.15, 0.2) is 78.1 Å². The fourth-order valence-electron chi connectivity index (χ4n) is 4.79. The zero-order valence-corrected chi connectivity index (χ0v) is 18.5. The van der Waals surface area contributed by atoms with Gasteiger partial charge in [0.15, 0.2) is 5.78 Å². The molecule has 0 aromatic heterocycles. The molecule has 2 atom stereocenters. The van der Waals surface area contributed by atoms with Crippen LogP contribution in [0.3, 0.4) is 0 Å². The molecule has 5 heteroatoms. The number of Topliss-reactive ketones (excluding diaryl/α,β-unsaturated/α-hetero) is 1. The lowest BCUT2D eigenvalue weighted by molar-refractivity contribution is -0.147. The van der Waals surface area contributed by atoms with Gasteiger partial charge in [0, 0.05) is 35.7 Å². The Kier molecular flexibility index (Phi) is 6.00. The Hall–Kier alpha value is -3.21. The number of halogens is 1. The van der Waals surface area contributed by atoms with E-state index < -0.39 is 23.6 Å². The average Bonchev–Trinajstić information content (AvgIpc) is 2.73. The Bertz CT molecular complexity index is 1090. The highest BCUT2D eigenvalue weighted by Crippen LogP contribution is 2.48. The Balaban J connectivity index is 1.67. The van der Waals surface area contributed by atoms with Gasteiger partial charge in [-0.15, -0.1) is 0 Å². The molecule has 2 aromatic carbocycles. The van der Waals surface area contributed by atoms with E-state index in [0.29, 0.717) is 36.1 Å². The van der Waals surface area contributed by atoms with Crippen LogP contribution in [-0.2, 0) is 20.7 Å². The van der Waals surface area contributed by atoms with Crippen molar-refractivity contribution in [1.82, 2.24) is 5.32 Å². The van der Waals surface area contributed by atoms with Gasteiger partial charge in [-0.05, 0) is 29.0 Å². The summed E-state index contributed by atoms with van der Waals surface area (Å²) in [5.74, 6) is -2.65. The van der Waals surface area contributed by atoms with Crippen molar-refractivity contribution < 1.29 is 18.7 Å². The van der Waals surface area contributed by atoms with E-state index in [1.54, 1.807) is 18.2 Å². The minimum atomic E-state index is -0.883. The molecule has 0 spiro atoms. The lowest BCUT2D eigenvalue weighted by atomic mass is 9.66. The molecule has 0 bridgehead atoms. The first-order valence-corrected chi connectivity index (χ1v) is 10.9. The summed E-state index contributed by atoms with van der Waals surface area (Å²) in [5, 5.41) is 3.20. The fourth-order valence-corrected chi connectivity index (χ4v) is 4.79. The lowest BCUT2D eigenvalue weighted by Crippen LogP contribution is -2.44. The SMILES string of the molecule is C=C1NC2=C(C(=O)CC(C)(C)C2)C(c2ccccc2F)C1C(=O)OCCc1ccccc1. The van der Waals surface area contributed by atoms with E-state index in [1.165, 1.54) is 6.07 Å². The van der Waals surface area contributed by atoms with Crippen molar-refractivity contribution in [2.45, 2.75) is 39.0 Å². The predicted octanol–water partition coefficient (Wildman–Crippen LogP) is 5.07. The average molecular weight is 434 g/mol. The molecule has 0 fully saturated rings. The van der Waals surface area contributed by atoms with Crippen molar-refractivity contribution in [1.29, 1.82) is 0 Å². The molecular weight excluding hydrogens is 405 g/mol. The summed E-state index contributed by atoms with van der Waals surface area (Å²) in [6.07, 6.45) is 1.55. The van der Waals surface area contributed by atoms with Crippen LogP contribution in [0.1, 0.15) is 43.7 Å². The monoisotopic (exact) mass is 433 g/mol. The molecule has 166 valence electrons. The number of carbonyl (C=O) groups is 2. The van der Waals surface area contributed by atoms with Crippen molar-refractivity contribution in [3.63, 3.8) is 0 Å². The van der Waals surface area contributed by atoms with E-state index in [2.05, 4.69) is 11.9 Å². The maximum Gasteiger partial charge on any atom is 0.315 e. The molecule has 2 aliphatic rings. The fraction of sp³-hybridized carbons (Fsp3) is 0.333. The van der Waals surface area contributed by atoms with E-state index in [9.17, 15) is 14.0 Å². The van der Waals surface area contributed by atoms with E-state index in [4.69, 9.17) is 4.74 Å². The number of hydrogen-bond donors (Lipinski definition) is 1. The molecule has 0 radical (unpaired) electrons. The van der Waals surface area contributed by atoms with Gasteiger partial charge < -0.3 is 10.1 Å². The number of nitrogens with one attached hydrogen (secondary N) is 1. The highest BCUT2D eigenvalue weighted by Gasteiger charge is 2.47. The summed E-state index contributed by atoms with van der Waals surface area (Å²) in [5.41, 5.74) is 2.81. The highest BCUT2D eigenvalue weighted by atomic mass is 19.1. The normalized spacial score (nSPS) is 22.2. The van der Waals surface area contributed by atoms with Gasteiger partial charge in [0.25, 0.3) is 0 Å². The van der Waals surface area contributed by atoms with Crippen LogP contribution in [0, 0.1) is 17.2 Å². The van der Waals surface area contributed by atoms with Crippen LogP contribution in [0.5, 0.6) is 0 Å². The topological polar surface area (TPSA) is 55.4 Å². The van der Waals surface area contributed by atoms with Crippen LogP contribution in [0.25, 0.3) is 0 Å². The summed E-state index contributed by atoms with van der Waals surface area (Å²) in [7, 11) is 0. The van der Waals surface area contributed by atoms with Crippen molar-refractivity contribution in [2.24, 2.45) is 11.3 Å². The molecule has 2 aromatic rings. The van der Waals surface area contributed by atoms with Gasteiger partial charge in [0.1, 0.15) is 11.7 Å². The molecule has 0 saturated heterocycles. The van der Waals surface area contributed by atoms with Crippen LogP contribution < -0.4 is 5.32 Å². The minimum absolute atomic E-state index is 0.0633. The molecule has 32 heavy (non-hydrogen) atoms. The number of hydrogen-bond acceptors (Lipinski definition) is 4. The second-order valence-corrected chi connectivity index (χ2v) is 9.36. The van der Waals surface area contributed by atoms with Crippen LogP contribution in [-0.4, -0.2) is 18.4 Å². The molecule has 1 aliphatic carbocycles. The minimum Gasteiger partial charge on any atom is -0.465 e. The molecule has 0 amide bonds. The van der Waals surface area contributed by atoms with Crippen LogP contribution >= 0.6 is 0 Å². The first kappa shape index (κ1) is 22.0. The first-order valence-electron chi connectivity index (χ1n) is 10.9. The number of esters is 1. The summed E-state index contributed by atoms with van der Waals surface area (Å²) >= 11 is 0. The third kappa shape index (κ3) is 4.38. The van der Waals surface area contributed by atoms with Gasteiger partial charge in [0.2, 0.25) is 0 Å². The smallest absolute Gasteiger partial charge is 0.315 e. The van der Waals surface area contributed by atoms with E-state index in [-0.39, 0.29) is 17.8 Å². The molecule has 2 unspecified atom stereocenters. The largest absolute Gasteiger partial charge is 0.465 e. The van der Waals surface area contributed by atoms with Gasteiger partial charge in [-0.25, -0.2) is 4.39 Å². The standard InChI is InChI=1S/C27H28FNO3/c1-17-23(26(31)32-14-13-18-9-5-4-6-10-18)24(19-11-7-8-12-20(19)28)25-21(29-17)15-27(2,3)16-22(25)30/h4-12,23-24,29H,1,13-16H2,2-3H3. The Morgan fingerprint density at radius 1 is 1.12 bits per heavy atom. The van der Waals surface area contributed by atoms with Crippen molar-refractivity contribution in [3.05, 3.63) is 95.1 Å². The van der Waals surface area contributed by atoms with Crippen molar-refractivity contribution in [2.75, 3.05) is 6.61 Å². The summed E-state index contributed by atoms with van der Waals surface area (Å²) in [6, 6.07) is 16.1. The van der Waals surface area contributed by atoms with Gasteiger partial charge >= 0.3 is 5.97 Å². The highest BCUT2D eigenvalue weighted by molar-refractivity contribution is 6.00. The number of ketones is 1. The molecular formula is C27H28FNO3. The van der Waals surface area contributed by atoms with Gasteiger partial charge in [0.05, 0.1) is 6.61 Å². The molecule has 1 N–H and O–H groups in total. The van der Waals surface area contributed by atoms with Crippen LogP contribution in [0.2, 0.25) is 0 Å². The molecule has 0 saturated carbocycles. The number of benzene rings is 2. The third-order valence-electron chi connectivity index (χ3n) is 6.22. The number of ether oxygens (including phenoxy) is 1. The molecule has 1 heterocycles. The van der Waals surface area contributed by atoms with Crippen molar-refractivity contribution >= 4 is 11.8 Å². The zero-order chi connectivity index (χ0) is 22.9. The number of rotatable bonds is 5. The number of allylic oxidation sites excluding steroid dienone is 2. The molecule has 4 rings (SSSR count). The number of carbonyl (C=O) groups excluding carboxylic acids is 2. The third-order valence-corrected chi connectivity index (χ3v) is 6.22. The Morgan fingerprint density at radius 2 is 1.81 bits per heavy atom. The summed E-state index contributed by atoms with van der Waals surface area (Å²) in [6.45, 7) is 8.33. The van der Waals surface area contributed by atoms with Crippen LogP contribution in [0.4, 0.5) is 4.39 Å². The second-order valence-electron chi connectivity index (χ2n) is 9.36. The predicted molar refractivity (Wildman–Crippen MR) is 121 cm³/mol. The quantitative estimate of drug-likeness (QED) is 0.669. The summed E-state index contributed by atoms with van der Waals surface area (Å²) in [4.78, 5) is 26.4. The lowest BCUT2D eigenvalue weighted by Gasteiger charge is -2.42. The second kappa shape index (κ2) is 8.73. The zero-order valence-electron chi connectivity index (χ0n) is 18.5. The summed E-state index contributed by atoms with van der Waals surface area (Å²) < 4.78 is 20.5. The molecule has 1 aliphatic heterocycles. The maximum atomic E-state index is 14.9. The van der Waals surface area contributed by atoms with E-state index in [1.807, 2.05) is 44.2 Å². The van der Waals surface area contributed by atoms with Gasteiger partial charge in [-0.3, -0.25) is 9.59 Å². The Labute approximate surface area is 188 Å². The Morgan fingerprint density at radius 3 is 2.53 bits per heavy atom. The molecule has 4 nitrogen and oxygen atoms in total.